The van der Waals surface area contributed by atoms with Crippen molar-refractivity contribution >= 4 is 16.0 Å². The van der Waals surface area contributed by atoms with Gasteiger partial charge in [0.2, 0.25) is 15.9 Å². The standard InChI is InChI=1S/C16H20N2O5S/c1-10(2)18-24(20,21)14-7-5-6-13(8-14)16(19)22-9-15-17-11(3)12(4)23-15/h5-8,10,18H,9H2,1-4H3. The number of hydrogen-bond donors (Lipinski definition) is 1. The molecule has 8 heteroatoms. The Morgan fingerprint density at radius 1 is 1.33 bits per heavy atom. The average Bonchev–Trinajstić information content (AvgIpc) is 2.82. The van der Waals surface area contributed by atoms with Crippen LogP contribution in [0.5, 0.6) is 0 Å². The van der Waals surface area contributed by atoms with Gasteiger partial charge >= 0.3 is 5.97 Å². The summed E-state index contributed by atoms with van der Waals surface area (Å²) >= 11 is 0. The predicted molar refractivity (Wildman–Crippen MR) is 87.0 cm³/mol. The van der Waals surface area contributed by atoms with Gasteiger partial charge in [0.25, 0.3) is 0 Å². The van der Waals surface area contributed by atoms with Crippen LogP contribution >= 0.6 is 0 Å². The summed E-state index contributed by atoms with van der Waals surface area (Å²) in [6, 6.07) is 5.43. The maximum atomic E-state index is 12.1. The second-order valence-corrected chi connectivity index (χ2v) is 7.34. The fourth-order valence-electron chi connectivity index (χ4n) is 1.98. The molecule has 0 aliphatic carbocycles. The minimum absolute atomic E-state index is 0.00784. The quantitative estimate of drug-likeness (QED) is 0.801. The molecular formula is C16H20N2O5S. The lowest BCUT2D eigenvalue weighted by Gasteiger charge is -2.10. The van der Waals surface area contributed by atoms with Gasteiger partial charge in [-0.15, -0.1) is 0 Å². The molecule has 1 aromatic carbocycles. The molecule has 0 aliphatic rings. The lowest BCUT2D eigenvalue weighted by Crippen LogP contribution is -2.30. The van der Waals surface area contributed by atoms with Crippen LogP contribution in [0.15, 0.2) is 33.6 Å². The van der Waals surface area contributed by atoms with Crippen LogP contribution in [0.4, 0.5) is 0 Å². The molecule has 130 valence electrons. The minimum Gasteiger partial charge on any atom is -0.452 e. The number of sulfonamides is 1. The highest BCUT2D eigenvalue weighted by Crippen LogP contribution is 2.14. The smallest absolute Gasteiger partial charge is 0.338 e. The van der Waals surface area contributed by atoms with Crippen LogP contribution < -0.4 is 4.72 Å². The van der Waals surface area contributed by atoms with Crippen molar-refractivity contribution in [2.75, 3.05) is 0 Å². The van der Waals surface area contributed by atoms with Gasteiger partial charge in [-0.2, -0.15) is 0 Å². The van der Waals surface area contributed by atoms with Crippen molar-refractivity contribution in [2.45, 2.75) is 45.2 Å². The monoisotopic (exact) mass is 352 g/mol. The van der Waals surface area contributed by atoms with Gasteiger partial charge in [-0.3, -0.25) is 0 Å². The number of hydrogen-bond acceptors (Lipinski definition) is 6. The molecule has 0 aliphatic heterocycles. The van der Waals surface area contributed by atoms with Crippen LogP contribution in [0.25, 0.3) is 0 Å². The van der Waals surface area contributed by atoms with E-state index in [2.05, 4.69) is 9.71 Å². The van der Waals surface area contributed by atoms with E-state index in [1.807, 2.05) is 0 Å². The first-order valence-corrected chi connectivity index (χ1v) is 8.90. The summed E-state index contributed by atoms with van der Waals surface area (Å²) in [5.74, 6) is 0.308. The van der Waals surface area contributed by atoms with Crippen LogP contribution in [0.2, 0.25) is 0 Å². The highest BCUT2D eigenvalue weighted by Gasteiger charge is 2.18. The third kappa shape index (κ3) is 4.42. The number of benzene rings is 1. The van der Waals surface area contributed by atoms with E-state index in [1.165, 1.54) is 24.3 Å². The maximum absolute atomic E-state index is 12.1. The molecule has 0 amide bonds. The van der Waals surface area contributed by atoms with Gasteiger partial charge in [-0.1, -0.05) is 6.07 Å². The van der Waals surface area contributed by atoms with Crippen molar-refractivity contribution in [3.05, 3.63) is 47.2 Å². The van der Waals surface area contributed by atoms with Gasteiger partial charge in [0.05, 0.1) is 16.2 Å². The third-order valence-corrected chi connectivity index (χ3v) is 4.83. The first kappa shape index (κ1) is 18.2. The normalized spacial score (nSPS) is 11.7. The molecule has 0 spiro atoms. The zero-order valence-electron chi connectivity index (χ0n) is 14.0. The second kappa shape index (κ2) is 7.14. The van der Waals surface area contributed by atoms with Crippen LogP contribution in [-0.4, -0.2) is 25.4 Å². The summed E-state index contributed by atoms with van der Waals surface area (Å²) in [5.41, 5.74) is 0.871. The van der Waals surface area contributed by atoms with E-state index >= 15 is 0 Å². The number of ether oxygens (including phenoxy) is 1. The molecule has 1 aromatic heterocycles. The molecule has 0 saturated heterocycles. The number of rotatable bonds is 6. The Morgan fingerprint density at radius 3 is 2.62 bits per heavy atom. The highest BCUT2D eigenvalue weighted by atomic mass is 32.2. The Hall–Kier alpha value is -2.19. The molecule has 0 fully saturated rings. The number of nitrogens with one attached hydrogen (secondary N) is 1. The molecular weight excluding hydrogens is 332 g/mol. The molecule has 0 unspecified atom stereocenters. The average molecular weight is 352 g/mol. The van der Waals surface area contributed by atoms with Gasteiger partial charge in [0.15, 0.2) is 6.61 Å². The van der Waals surface area contributed by atoms with E-state index < -0.39 is 16.0 Å². The molecule has 0 atom stereocenters. The Bertz CT molecular complexity index is 820. The maximum Gasteiger partial charge on any atom is 0.338 e. The largest absolute Gasteiger partial charge is 0.452 e. The molecule has 0 radical (unpaired) electrons. The summed E-state index contributed by atoms with van der Waals surface area (Å²) in [7, 11) is -3.67. The van der Waals surface area contributed by atoms with Crippen molar-refractivity contribution in [2.24, 2.45) is 0 Å². The van der Waals surface area contributed by atoms with Crippen molar-refractivity contribution in [1.82, 2.24) is 9.71 Å². The van der Waals surface area contributed by atoms with E-state index in [4.69, 9.17) is 9.15 Å². The Kier molecular flexibility index (Phi) is 5.40. The summed E-state index contributed by atoms with van der Waals surface area (Å²) in [6.45, 7) is 6.88. The minimum atomic E-state index is -3.67. The number of aryl methyl sites for hydroxylation is 2. The lowest BCUT2D eigenvalue weighted by atomic mass is 10.2. The van der Waals surface area contributed by atoms with Gasteiger partial charge in [0, 0.05) is 6.04 Å². The molecule has 7 nitrogen and oxygen atoms in total. The third-order valence-electron chi connectivity index (χ3n) is 3.17. The Labute approximate surface area is 141 Å². The topological polar surface area (TPSA) is 98.5 Å². The molecule has 0 bridgehead atoms. The zero-order chi connectivity index (χ0) is 17.9. The summed E-state index contributed by atoms with van der Waals surface area (Å²) in [4.78, 5) is 16.2. The molecule has 1 N–H and O–H groups in total. The second-order valence-electron chi connectivity index (χ2n) is 5.63. The van der Waals surface area contributed by atoms with E-state index in [0.717, 1.165) is 5.69 Å². The van der Waals surface area contributed by atoms with E-state index in [1.54, 1.807) is 27.7 Å². The van der Waals surface area contributed by atoms with Crippen LogP contribution in [0.1, 0.15) is 41.6 Å². The SMILES string of the molecule is Cc1nc(COC(=O)c2cccc(S(=O)(=O)NC(C)C)c2)oc1C. The Balaban J connectivity index is 2.11. The fourth-order valence-corrected chi connectivity index (χ4v) is 3.28. The predicted octanol–water partition coefficient (Wildman–Crippen LogP) is 2.34. The first-order chi connectivity index (χ1) is 11.2. The van der Waals surface area contributed by atoms with Gasteiger partial charge in [-0.05, 0) is 45.9 Å². The number of oxazole rings is 1. The summed E-state index contributed by atoms with van der Waals surface area (Å²) in [5, 5.41) is 0. The summed E-state index contributed by atoms with van der Waals surface area (Å²) in [6.07, 6.45) is 0. The molecule has 2 rings (SSSR count). The molecule has 24 heavy (non-hydrogen) atoms. The first-order valence-electron chi connectivity index (χ1n) is 7.41. The van der Waals surface area contributed by atoms with Crippen LogP contribution in [0.3, 0.4) is 0 Å². The van der Waals surface area contributed by atoms with E-state index in [0.29, 0.717) is 11.7 Å². The van der Waals surface area contributed by atoms with Gasteiger partial charge < -0.3 is 9.15 Å². The molecule has 2 aromatic rings. The van der Waals surface area contributed by atoms with Crippen LogP contribution in [0, 0.1) is 13.8 Å². The number of nitrogens with zero attached hydrogens (tertiary/aromatic N) is 1. The van der Waals surface area contributed by atoms with Gasteiger partial charge in [0.1, 0.15) is 5.76 Å². The summed E-state index contributed by atoms with van der Waals surface area (Å²) < 4.78 is 37.2. The zero-order valence-corrected chi connectivity index (χ0v) is 14.8. The van der Waals surface area contributed by atoms with Crippen LogP contribution in [-0.2, 0) is 21.4 Å². The lowest BCUT2D eigenvalue weighted by molar-refractivity contribution is 0.0436. The number of carbonyl (C=O) groups excluding carboxylic acids is 1. The molecule has 0 saturated carbocycles. The van der Waals surface area contributed by atoms with E-state index in [-0.39, 0.29) is 23.1 Å². The number of carbonyl (C=O) groups is 1. The number of esters is 1. The Morgan fingerprint density at radius 2 is 2.04 bits per heavy atom. The highest BCUT2D eigenvalue weighted by molar-refractivity contribution is 7.89. The van der Waals surface area contributed by atoms with Crippen molar-refractivity contribution < 1.29 is 22.4 Å². The van der Waals surface area contributed by atoms with Gasteiger partial charge in [-0.25, -0.2) is 22.9 Å². The van der Waals surface area contributed by atoms with E-state index in [9.17, 15) is 13.2 Å². The van der Waals surface area contributed by atoms with Crippen molar-refractivity contribution in [3.8, 4) is 0 Å². The fraction of sp³-hybridized carbons (Fsp3) is 0.375. The van der Waals surface area contributed by atoms with Crippen molar-refractivity contribution in [3.63, 3.8) is 0 Å². The molecule has 1 heterocycles. The number of aromatic nitrogens is 1. The van der Waals surface area contributed by atoms with Crippen molar-refractivity contribution in [1.29, 1.82) is 0 Å².